The van der Waals surface area contributed by atoms with E-state index in [2.05, 4.69) is 15.5 Å². The van der Waals surface area contributed by atoms with Gasteiger partial charge in [-0.05, 0) is 96.1 Å². The first-order chi connectivity index (χ1) is 25.0. The fourth-order valence-electron chi connectivity index (χ4n) is 5.13. The molecule has 0 aromatic heterocycles. The molecular formula is C38H30N2O12. The van der Waals surface area contributed by atoms with E-state index in [0.29, 0.717) is 34.2 Å². The van der Waals surface area contributed by atoms with Gasteiger partial charge in [0.2, 0.25) is 0 Å². The summed E-state index contributed by atoms with van der Waals surface area (Å²) in [4.78, 5) is 60.5. The first kappa shape index (κ1) is 36.3. The number of ether oxygens (including phenoxy) is 4. The van der Waals surface area contributed by atoms with Crippen LogP contribution in [-0.2, 0) is 9.47 Å². The summed E-state index contributed by atoms with van der Waals surface area (Å²) in [5, 5.41) is 31.8. The number of aromatic carboxylic acids is 2. The Balaban J connectivity index is 1.26. The van der Waals surface area contributed by atoms with Crippen LogP contribution in [0.15, 0.2) is 109 Å². The summed E-state index contributed by atoms with van der Waals surface area (Å²) in [5.41, 5.74) is 2.59. The van der Waals surface area contributed by atoms with Crippen LogP contribution in [0.4, 0.5) is 5.69 Å². The first-order valence-electron chi connectivity index (χ1n) is 15.3. The van der Waals surface area contributed by atoms with Gasteiger partial charge in [-0.3, -0.25) is 4.79 Å². The molecule has 5 aromatic rings. The number of nitrogens with one attached hydrogen (secondary N) is 2. The molecule has 14 nitrogen and oxygen atoms in total. The maximum atomic E-state index is 13.0. The van der Waals surface area contributed by atoms with Gasteiger partial charge < -0.3 is 39.7 Å². The summed E-state index contributed by atoms with van der Waals surface area (Å²) in [7, 11) is 2.38. The lowest BCUT2D eigenvalue weighted by Gasteiger charge is -2.19. The molecule has 5 rings (SSSR count). The molecule has 0 spiro atoms. The maximum Gasteiger partial charge on any atom is 0.337 e. The highest BCUT2D eigenvalue weighted by Gasteiger charge is 2.23. The molecule has 1 atom stereocenters. The van der Waals surface area contributed by atoms with Crippen LogP contribution in [0.5, 0.6) is 23.0 Å². The van der Waals surface area contributed by atoms with Gasteiger partial charge in [0.25, 0.3) is 5.91 Å². The molecule has 0 fully saturated rings. The Hall–Kier alpha value is -7.03. The van der Waals surface area contributed by atoms with Gasteiger partial charge in [0.1, 0.15) is 23.0 Å². The van der Waals surface area contributed by atoms with Crippen LogP contribution in [0.2, 0.25) is 0 Å². The monoisotopic (exact) mass is 706 g/mol. The van der Waals surface area contributed by atoms with Crippen molar-refractivity contribution in [1.29, 1.82) is 0 Å². The molecule has 0 aliphatic heterocycles. The van der Waals surface area contributed by atoms with E-state index in [0.717, 1.165) is 12.1 Å². The zero-order chi connectivity index (χ0) is 37.4. The van der Waals surface area contributed by atoms with Crippen LogP contribution in [0, 0.1) is 0 Å². The number of hydroxylamine groups is 1. The van der Waals surface area contributed by atoms with Crippen molar-refractivity contribution in [2.45, 2.75) is 6.04 Å². The van der Waals surface area contributed by atoms with Gasteiger partial charge in [0.05, 0.1) is 48.1 Å². The van der Waals surface area contributed by atoms with E-state index < -0.39 is 35.8 Å². The highest BCUT2D eigenvalue weighted by molar-refractivity contribution is 6.12. The summed E-state index contributed by atoms with van der Waals surface area (Å²) < 4.78 is 21.3. The highest BCUT2D eigenvalue weighted by Crippen LogP contribution is 2.32. The number of anilines is 1. The molecule has 1 amide bonds. The van der Waals surface area contributed by atoms with Crippen LogP contribution in [0.1, 0.15) is 69.0 Å². The zero-order valence-electron chi connectivity index (χ0n) is 27.5. The second-order valence-electron chi connectivity index (χ2n) is 10.9. The van der Waals surface area contributed by atoms with Crippen molar-refractivity contribution >= 4 is 35.5 Å². The van der Waals surface area contributed by atoms with E-state index in [1.54, 1.807) is 72.8 Å². The number of amides is 1. The van der Waals surface area contributed by atoms with Gasteiger partial charge in [0, 0.05) is 11.8 Å². The third-order valence-electron chi connectivity index (χ3n) is 7.66. The van der Waals surface area contributed by atoms with Crippen molar-refractivity contribution in [2.75, 3.05) is 19.5 Å². The molecule has 5 N–H and O–H groups in total. The Morgan fingerprint density at radius 1 is 0.577 bits per heavy atom. The molecular weight excluding hydrogens is 676 g/mol. The molecule has 0 saturated heterocycles. The number of carbonyl (C=O) groups is 5. The van der Waals surface area contributed by atoms with E-state index in [9.17, 15) is 39.4 Å². The van der Waals surface area contributed by atoms with E-state index >= 15 is 0 Å². The Morgan fingerprint density at radius 2 is 1.10 bits per heavy atom. The largest absolute Gasteiger partial charge is 0.478 e. The molecule has 0 heterocycles. The Bertz CT molecular complexity index is 2150. The molecule has 14 heteroatoms. The van der Waals surface area contributed by atoms with Crippen LogP contribution in [0.3, 0.4) is 0 Å². The van der Waals surface area contributed by atoms with Gasteiger partial charge in [-0.15, -0.1) is 0 Å². The summed E-state index contributed by atoms with van der Waals surface area (Å²) in [6.07, 6.45) is 0. The summed E-state index contributed by atoms with van der Waals surface area (Å²) in [6, 6.07) is 26.0. The molecule has 1 unspecified atom stereocenters. The second-order valence-corrected chi connectivity index (χ2v) is 10.9. The molecule has 0 aliphatic rings. The van der Waals surface area contributed by atoms with Crippen LogP contribution in [-0.4, -0.2) is 59.4 Å². The summed E-state index contributed by atoms with van der Waals surface area (Å²) in [5.74, 6) is -3.02. The topological polar surface area (TPSA) is 207 Å². The molecule has 0 radical (unpaired) electrons. The minimum absolute atomic E-state index is 0.0214. The quantitative estimate of drug-likeness (QED) is 0.0650. The highest BCUT2D eigenvalue weighted by atomic mass is 16.5. The molecule has 0 bridgehead atoms. The lowest BCUT2D eigenvalue weighted by Crippen LogP contribution is -2.22. The van der Waals surface area contributed by atoms with E-state index in [4.69, 9.17) is 14.2 Å². The van der Waals surface area contributed by atoms with Crippen LogP contribution in [0.25, 0.3) is 0 Å². The molecule has 0 saturated carbocycles. The number of esters is 2. The predicted molar refractivity (Wildman–Crippen MR) is 184 cm³/mol. The fourth-order valence-corrected chi connectivity index (χ4v) is 5.13. The molecule has 264 valence electrons. The van der Waals surface area contributed by atoms with Crippen LogP contribution >= 0.6 is 0 Å². The van der Waals surface area contributed by atoms with E-state index in [1.165, 1.54) is 38.5 Å². The first-order valence-corrected chi connectivity index (χ1v) is 15.3. The predicted octanol–water partition coefficient (Wildman–Crippen LogP) is 6.56. The van der Waals surface area contributed by atoms with Crippen molar-refractivity contribution in [3.8, 4) is 23.0 Å². The average Bonchev–Trinajstić information content (AvgIpc) is 3.15. The molecule has 52 heavy (non-hydrogen) atoms. The van der Waals surface area contributed by atoms with Gasteiger partial charge in [-0.25, -0.2) is 19.2 Å². The van der Waals surface area contributed by atoms with Crippen molar-refractivity contribution < 1.29 is 58.3 Å². The Labute approximate surface area is 295 Å². The van der Waals surface area contributed by atoms with Crippen molar-refractivity contribution in [3.05, 3.63) is 148 Å². The molecule has 0 aliphatic carbocycles. The normalized spacial score (nSPS) is 11.1. The molecule has 5 aromatic carbocycles. The number of carboxylic acid groups (broad SMARTS) is 2. The number of benzene rings is 5. The average molecular weight is 707 g/mol. The Kier molecular flexibility index (Phi) is 11.2. The van der Waals surface area contributed by atoms with E-state index in [-0.39, 0.29) is 33.4 Å². The summed E-state index contributed by atoms with van der Waals surface area (Å²) in [6.45, 7) is 0. The minimum Gasteiger partial charge on any atom is -0.478 e. The van der Waals surface area contributed by atoms with E-state index in [1.807, 2.05) is 0 Å². The SMILES string of the molecule is COC(=O)c1ccc(C(=O)O)c(C(=O)Nc2ccc(Oc3cccc(Oc4ccc(C(NO)c5cc(C(=O)OC)ccc5C(=O)O)cc4)c3)cc2)c1. The minimum atomic E-state index is -1.34. The number of hydrogen-bond donors (Lipinski definition) is 5. The fraction of sp³-hybridized carbons (Fsp3) is 0.0789. The number of hydrogen-bond acceptors (Lipinski definition) is 11. The van der Waals surface area contributed by atoms with Gasteiger partial charge in [-0.2, -0.15) is 5.48 Å². The number of methoxy groups -OCH3 is 2. The van der Waals surface area contributed by atoms with Gasteiger partial charge >= 0.3 is 23.9 Å². The lowest BCUT2D eigenvalue weighted by molar-refractivity contribution is 0.0591. The number of carboxylic acids is 2. The zero-order valence-corrected chi connectivity index (χ0v) is 27.5. The van der Waals surface area contributed by atoms with Gasteiger partial charge in [0.15, 0.2) is 0 Å². The Morgan fingerprint density at radius 3 is 1.62 bits per heavy atom. The number of rotatable bonds is 13. The van der Waals surface area contributed by atoms with Gasteiger partial charge in [-0.1, -0.05) is 18.2 Å². The standard InChI is InChI=1S/C38H30N2O12/c1-49-37(46)22-8-16-29(35(42)43)31(18-22)33(40-48)21-6-12-25(13-7-21)51-27-4-3-5-28(20-27)52-26-14-10-24(11-15-26)39-34(41)32-19-23(38(47)50-2)9-17-30(32)36(44)45/h3-20,33,40,48H,1-2H3,(H,39,41)(H,42,43)(H,44,45). The summed E-state index contributed by atoms with van der Waals surface area (Å²) >= 11 is 0. The third-order valence-corrected chi connectivity index (χ3v) is 7.66. The van der Waals surface area contributed by atoms with Crippen molar-refractivity contribution in [3.63, 3.8) is 0 Å². The second kappa shape index (κ2) is 16.1. The lowest BCUT2D eigenvalue weighted by atomic mass is 9.93. The van der Waals surface area contributed by atoms with Crippen molar-refractivity contribution in [2.24, 2.45) is 0 Å². The number of carbonyl (C=O) groups excluding carboxylic acids is 3. The van der Waals surface area contributed by atoms with Crippen LogP contribution < -0.4 is 20.3 Å². The van der Waals surface area contributed by atoms with Crippen molar-refractivity contribution in [1.82, 2.24) is 5.48 Å². The third kappa shape index (κ3) is 8.39. The smallest absolute Gasteiger partial charge is 0.337 e. The maximum absolute atomic E-state index is 13.0.